The van der Waals surface area contributed by atoms with E-state index in [-0.39, 0.29) is 0 Å². The minimum Gasteiger partial charge on any atom is -0.493 e. The fraction of sp³-hybridized carbons (Fsp3) is 0.200. The van der Waals surface area contributed by atoms with Crippen molar-refractivity contribution in [2.45, 2.75) is 0 Å². The Morgan fingerprint density at radius 3 is 2.40 bits per heavy atom. The third-order valence-electron chi connectivity index (χ3n) is 2.09. The summed E-state index contributed by atoms with van der Waals surface area (Å²) in [6.07, 6.45) is 1.17. The van der Waals surface area contributed by atoms with Gasteiger partial charge >= 0.3 is 0 Å². The first-order valence-corrected chi connectivity index (χ1v) is 4.28. The minimum atomic E-state index is -0.569. The molecule has 0 aliphatic heterocycles. The average Bonchev–Trinajstić information content (AvgIpc) is 2.28. The lowest BCUT2D eigenvalue weighted by atomic mass is 10.2. The Hall–Kier alpha value is -1.91. The van der Waals surface area contributed by atoms with Crippen molar-refractivity contribution in [2.24, 2.45) is 0 Å². The summed E-state index contributed by atoms with van der Waals surface area (Å²) >= 11 is 0. The van der Waals surface area contributed by atoms with E-state index in [1.807, 2.05) is 0 Å². The summed E-state index contributed by atoms with van der Waals surface area (Å²) in [4.78, 5) is 7.40. The zero-order chi connectivity index (χ0) is 10.8. The number of aromatic nitrogens is 2. The van der Waals surface area contributed by atoms with Crippen LogP contribution in [0.15, 0.2) is 18.5 Å². The number of halogens is 1. The van der Waals surface area contributed by atoms with Crippen LogP contribution in [0.5, 0.6) is 11.5 Å². The first kappa shape index (κ1) is 9.64. The standard InChI is InChI=1S/C10H9FN2O2/c1-14-8-3-6-7(4-9(8)15-2)12-5-13-10(6)11/h3-5H,1-2H3. The maximum atomic E-state index is 13.3. The molecule has 2 rings (SSSR count). The smallest absolute Gasteiger partial charge is 0.223 e. The highest BCUT2D eigenvalue weighted by atomic mass is 19.1. The number of ether oxygens (including phenoxy) is 2. The highest BCUT2D eigenvalue weighted by Crippen LogP contribution is 2.31. The lowest BCUT2D eigenvalue weighted by molar-refractivity contribution is 0.355. The van der Waals surface area contributed by atoms with E-state index in [2.05, 4.69) is 9.97 Å². The summed E-state index contributed by atoms with van der Waals surface area (Å²) in [5, 5.41) is 0.315. The Bertz CT molecular complexity index is 502. The van der Waals surface area contributed by atoms with Crippen LogP contribution in [0, 0.1) is 5.95 Å². The Kier molecular flexibility index (Phi) is 2.37. The van der Waals surface area contributed by atoms with Crippen molar-refractivity contribution in [1.29, 1.82) is 0 Å². The second-order valence-electron chi connectivity index (χ2n) is 2.89. The van der Waals surface area contributed by atoms with Gasteiger partial charge in [-0.25, -0.2) is 9.97 Å². The number of benzene rings is 1. The molecule has 0 saturated heterocycles. The Morgan fingerprint density at radius 2 is 1.73 bits per heavy atom. The summed E-state index contributed by atoms with van der Waals surface area (Å²) in [5.41, 5.74) is 0.486. The van der Waals surface area contributed by atoms with Crippen molar-refractivity contribution in [3.63, 3.8) is 0 Å². The van der Waals surface area contributed by atoms with E-state index >= 15 is 0 Å². The molecule has 78 valence electrons. The molecule has 1 aromatic heterocycles. The molecule has 0 amide bonds. The van der Waals surface area contributed by atoms with Crippen molar-refractivity contribution < 1.29 is 13.9 Å². The third-order valence-corrected chi connectivity index (χ3v) is 2.09. The fourth-order valence-electron chi connectivity index (χ4n) is 1.35. The van der Waals surface area contributed by atoms with Gasteiger partial charge < -0.3 is 9.47 Å². The molecule has 0 N–H and O–H groups in total. The van der Waals surface area contributed by atoms with Gasteiger partial charge in [0.05, 0.1) is 25.1 Å². The molecule has 0 spiro atoms. The van der Waals surface area contributed by atoms with E-state index in [0.717, 1.165) is 0 Å². The largest absolute Gasteiger partial charge is 0.493 e. The highest BCUT2D eigenvalue weighted by Gasteiger charge is 2.09. The van der Waals surface area contributed by atoms with E-state index in [4.69, 9.17) is 9.47 Å². The van der Waals surface area contributed by atoms with Crippen molar-refractivity contribution in [2.75, 3.05) is 14.2 Å². The molecule has 0 radical (unpaired) electrons. The summed E-state index contributed by atoms with van der Waals surface area (Å²) in [5.74, 6) is 0.405. The van der Waals surface area contributed by atoms with Crippen molar-refractivity contribution in [1.82, 2.24) is 9.97 Å². The van der Waals surface area contributed by atoms with Gasteiger partial charge in [-0.05, 0) is 6.07 Å². The summed E-state index contributed by atoms with van der Waals surface area (Å²) in [6.45, 7) is 0. The Morgan fingerprint density at radius 1 is 1.07 bits per heavy atom. The van der Waals surface area contributed by atoms with E-state index in [0.29, 0.717) is 22.4 Å². The lowest BCUT2D eigenvalue weighted by Gasteiger charge is -2.08. The van der Waals surface area contributed by atoms with Gasteiger partial charge in [0.2, 0.25) is 5.95 Å². The molecule has 0 atom stereocenters. The van der Waals surface area contributed by atoms with Gasteiger partial charge in [0.15, 0.2) is 11.5 Å². The number of fused-ring (bicyclic) bond motifs is 1. The second-order valence-corrected chi connectivity index (χ2v) is 2.89. The van der Waals surface area contributed by atoms with Gasteiger partial charge in [-0.1, -0.05) is 0 Å². The topological polar surface area (TPSA) is 44.2 Å². The van der Waals surface area contributed by atoms with Crippen LogP contribution in [-0.2, 0) is 0 Å². The number of nitrogens with zero attached hydrogens (tertiary/aromatic N) is 2. The molecule has 0 fully saturated rings. The van der Waals surface area contributed by atoms with Crippen LogP contribution in [0.2, 0.25) is 0 Å². The number of rotatable bonds is 2. The molecule has 4 nitrogen and oxygen atoms in total. The van der Waals surface area contributed by atoms with Crippen LogP contribution in [0.25, 0.3) is 10.9 Å². The quantitative estimate of drug-likeness (QED) is 0.706. The van der Waals surface area contributed by atoms with Gasteiger partial charge in [0.25, 0.3) is 0 Å². The SMILES string of the molecule is COc1cc2ncnc(F)c2cc1OC. The van der Waals surface area contributed by atoms with Gasteiger partial charge in [0.1, 0.15) is 6.33 Å². The molecule has 2 aromatic rings. The fourth-order valence-corrected chi connectivity index (χ4v) is 1.35. The maximum absolute atomic E-state index is 13.3. The summed E-state index contributed by atoms with van der Waals surface area (Å²) < 4.78 is 23.4. The molecule has 0 aliphatic carbocycles. The lowest BCUT2D eigenvalue weighted by Crippen LogP contribution is -1.94. The monoisotopic (exact) mass is 208 g/mol. The van der Waals surface area contributed by atoms with E-state index < -0.39 is 5.95 Å². The maximum Gasteiger partial charge on any atom is 0.223 e. The molecule has 1 aromatic carbocycles. The van der Waals surface area contributed by atoms with E-state index in [1.54, 1.807) is 6.07 Å². The molecule has 15 heavy (non-hydrogen) atoms. The zero-order valence-corrected chi connectivity index (χ0v) is 8.32. The van der Waals surface area contributed by atoms with Crippen molar-refractivity contribution >= 4 is 10.9 Å². The van der Waals surface area contributed by atoms with Crippen LogP contribution in [0.1, 0.15) is 0 Å². The highest BCUT2D eigenvalue weighted by molar-refractivity contribution is 5.82. The predicted octanol–water partition coefficient (Wildman–Crippen LogP) is 1.79. The molecule has 0 bridgehead atoms. The van der Waals surface area contributed by atoms with E-state index in [1.165, 1.54) is 26.6 Å². The van der Waals surface area contributed by atoms with Crippen LogP contribution >= 0.6 is 0 Å². The number of hydrogen-bond donors (Lipinski definition) is 0. The van der Waals surface area contributed by atoms with E-state index in [9.17, 15) is 4.39 Å². The molecule has 0 aliphatic rings. The number of methoxy groups -OCH3 is 2. The predicted molar refractivity (Wildman–Crippen MR) is 52.6 cm³/mol. The molecular formula is C10H9FN2O2. The minimum absolute atomic E-state index is 0.315. The van der Waals surface area contributed by atoms with Crippen molar-refractivity contribution in [3.05, 3.63) is 24.4 Å². The second kappa shape index (κ2) is 3.68. The Balaban J connectivity index is 2.75. The molecule has 0 saturated carbocycles. The van der Waals surface area contributed by atoms with Crippen LogP contribution in [0.4, 0.5) is 4.39 Å². The molecular weight excluding hydrogens is 199 g/mol. The normalized spacial score (nSPS) is 10.3. The van der Waals surface area contributed by atoms with Crippen LogP contribution < -0.4 is 9.47 Å². The van der Waals surface area contributed by atoms with Crippen LogP contribution in [0.3, 0.4) is 0 Å². The molecule has 1 heterocycles. The first-order valence-electron chi connectivity index (χ1n) is 4.28. The first-order chi connectivity index (χ1) is 7.26. The zero-order valence-electron chi connectivity index (χ0n) is 8.32. The number of hydrogen-bond acceptors (Lipinski definition) is 4. The third kappa shape index (κ3) is 1.56. The molecule has 5 heteroatoms. The van der Waals surface area contributed by atoms with Gasteiger partial charge in [0, 0.05) is 6.07 Å². The summed E-state index contributed by atoms with van der Waals surface area (Å²) in [7, 11) is 3.01. The van der Waals surface area contributed by atoms with Crippen molar-refractivity contribution in [3.8, 4) is 11.5 Å². The summed E-state index contributed by atoms with van der Waals surface area (Å²) in [6, 6.07) is 3.13. The van der Waals surface area contributed by atoms with Gasteiger partial charge in [-0.2, -0.15) is 4.39 Å². The van der Waals surface area contributed by atoms with Gasteiger partial charge in [-0.15, -0.1) is 0 Å². The Labute approximate surface area is 85.7 Å². The molecule has 0 unspecified atom stereocenters. The van der Waals surface area contributed by atoms with Crippen LogP contribution in [-0.4, -0.2) is 24.2 Å². The average molecular weight is 208 g/mol. The van der Waals surface area contributed by atoms with Gasteiger partial charge in [-0.3, -0.25) is 0 Å².